The highest BCUT2D eigenvalue weighted by Gasteiger charge is 2.39. The Morgan fingerprint density at radius 1 is 1.03 bits per heavy atom. The molecule has 4 aliphatic rings. The van der Waals surface area contributed by atoms with Crippen LogP contribution in [-0.4, -0.2) is 63.1 Å². The van der Waals surface area contributed by atoms with Crippen molar-refractivity contribution in [2.75, 3.05) is 18.4 Å². The zero-order chi connectivity index (χ0) is 24.4. The number of benzene rings is 1. The van der Waals surface area contributed by atoms with Crippen molar-refractivity contribution in [1.82, 2.24) is 9.80 Å². The second-order valence-corrected chi connectivity index (χ2v) is 11.6. The second kappa shape index (κ2) is 10.7. The second-order valence-electron chi connectivity index (χ2n) is 10.4. The first-order valence-corrected chi connectivity index (χ1v) is 14.2. The maximum atomic E-state index is 13.4. The van der Waals surface area contributed by atoms with Crippen molar-refractivity contribution < 1.29 is 14.4 Å². The Bertz CT molecular complexity index is 977. The van der Waals surface area contributed by atoms with E-state index in [4.69, 9.17) is 0 Å². The van der Waals surface area contributed by atoms with Crippen LogP contribution in [0.1, 0.15) is 81.5 Å². The maximum Gasteiger partial charge on any atom is 0.262 e. The van der Waals surface area contributed by atoms with Crippen molar-refractivity contribution in [3.05, 3.63) is 29.8 Å². The zero-order valence-corrected chi connectivity index (χ0v) is 21.4. The van der Waals surface area contributed by atoms with E-state index in [2.05, 4.69) is 27.0 Å². The first-order chi connectivity index (χ1) is 17.0. The van der Waals surface area contributed by atoms with Crippen LogP contribution in [0.5, 0.6) is 0 Å². The van der Waals surface area contributed by atoms with Crippen LogP contribution in [0.15, 0.2) is 29.3 Å². The Hall–Kier alpha value is -2.35. The molecule has 2 heterocycles. The number of amides is 3. The fourth-order valence-corrected chi connectivity index (χ4v) is 6.71. The molecule has 3 fully saturated rings. The molecule has 0 radical (unpaired) electrons. The standard InChI is InChI=1S/C27H36N4O3S/c1-2-18-5-11-21(12-6-18)31(22-13-14-22)26(34)19-7-9-20(10-8-19)28-24(32)17-23-25(33)29-27(35-23)30-15-3-4-16-30/h7-10,18,21-23H,2-6,11-17H2,1H3,(H,28,32). The number of amidine groups is 1. The fourth-order valence-electron chi connectivity index (χ4n) is 5.59. The molecule has 1 N–H and O–H groups in total. The van der Waals surface area contributed by atoms with Crippen molar-refractivity contribution >= 4 is 40.3 Å². The Labute approximate surface area is 212 Å². The number of likely N-dealkylation sites (tertiary alicyclic amines) is 1. The average molecular weight is 497 g/mol. The number of carbonyl (C=O) groups excluding carboxylic acids is 3. The van der Waals surface area contributed by atoms with Gasteiger partial charge >= 0.3 is 0 Å². The van der Waals surface area contributed by atoms with Crippen LogP contribution in [0.4, 0.5) is 5.69 Å². The van der Waals surface area contributed by atoms with Gasteiger partial charge in [0.25, 0.3) is 11.8 Å². The van der Waals surface area contributed by atoms with Gasteiger partial charge in [-0.3, -0.25) is 14.4 Å². The van der Waals surface area contributed by atoms with Crippen LogP contribution in [-0.2, 0) is 9.59 Å². The van der Waals surface area contributed by atoms with Crippen LogP contribution in [0.25, 0.3) is 0 Å². The minimum atomic E-state index is -0.457. The van der Waals surface area contributed by atoms with Gasteiger partial charge in [0, 0.05) is 42.8 Å². The van der Waals surface area contributed by atoms with E-state index >= 15 is 0 Å². The highest BCUT2D eigenvalue weighted by Crippen LogP contribution is 2.37. The van der Waals surface area contributed by atoms with Gasteiger partial charge in [-0.25, -0.2) is 0 Å². The Morgan fingerprint density at radius 3 is 2.26 bits per heavy atom. The zero-order valence-electron chi connectivity index (χ0n) is 20.6. The number of anilines is 1. The summed E-state index contributed by atoms with van der Waals surface area (Å²) in [5.74, 6) is 0.493. The summed E-state index contributed by atoms with van der Waals surface area (Å²) in [7, 11) is 0. The van der Waals surface area contributed by atoms with E-state index in [0.717, 1.165) is 62.7 Å². The lowest BCUT2D eigenvalue weighted by atomic mass is 9.83. The summed E-state index contributed by atoms with van der Waals surface area (Å²) in [5.41, 5.74) is 1.32. The molecule has 1 saturated heterocycles. The molecule has 7 nitrogen and oxygen atoms in total. The predicted molar refractivity (Wildman–Crippen MR) is 140 cm³/mol. The fraction of sp³-hybridized carbons (Fsp3) is 0.630. The van der Waals surface area contributed by atoms with Gasteiger partial charge in [0.2, 0.25) is 5.91 Å². The first-order valence-electron chi connectivity index (χ1n) is 13.3. The van der Waals surface area contributed by atoms with Gasteiger partial charge in [-0.1, -0.05) is 25.1 Å². The summed E-state index contributed by atoms with van der Waals surface area (Å²) >= 11 is 1.40. The topological polar surface area (TPSA) is 82.1 Å². The van der Waals surface area contributed by atoms with E-state index in [9.17, 15) is 14.4 Å². The van der Waals surface area contributed by atoms with Crippen molar-refractivity contribution in [2.45, 2.75) is 88.5 Å². The summed E-state index contributed by atoms with van der Waals surface area (Å²) in [5, 5.41) is 3.19. The van der Waals surface area contributed by atoms with Gasteiger partial charge in [0.15, 0.2) is 5.17 Å². The Balaban J connectivity index is 1.15. The molecule has 2 aliphatic heterocycles. The molecular formula is C27H36N4O3S. The number of hydrogen-bond donors (Lipinski definition) is 1. The summed E-state index contributed by atoms with van der Waals surface area (Å²) < 4.78 is 0. The average Bonchev–Trinajstić information content (AvgIpc) is 3.40. The van der Waals surface area contributed by atoms with E-state index in [1.54, 1.807) is 12.1 Å². The molecule has 8 heteroatoms. The lowest BCUT2D eigenvalue weighted by molar-refractivity contribution is -0.121. The molecule has 5 rings (SSSR count). The van der Waals surface area contributed by atoms with Gasteiger partial charge in [-0.15, -0.1) is 0 Å². The molecule has 0 bridgehead atoms. The van der Waals surface area contributed by atoms with Crippen molar-refractivity contribution in [1.29, 1.82) is 0 Å². The highest BCUT2D eigenvalue weighted by molar-refractivity contribution is 8.15. The van der Waals surface area contributed by atoms with Gasteiger partial charge in [-0.2, -0.15) is 4.99 Å². The van der Waals surface area contributed by atoms with Crippen molar-refractivity contribution in [3.63, 3.8) is 0 Å². The Kier molecular flexibility index (Phi) is 7.46. The van der Waals surface area contributed by atoms with E-state index in [0.29, 0.717) is 23.3 Å². The van der Waals surface area contributed by atoms with E-state index in [-0.39, 0.29) is 24.1 Å². The molecule has 0 spiro atoms. The largest absolute Gasteiger partial charge is 0.351 e. The van der Waals surface area contributed by atoms with Crippen LogP contribution in [0, 0.1) is 5.92 Å². The SMILES string of the molecule is CCC1CCC(N(C(=O)c2ccc(NC(=O)CC3SC(N4CCCC4)=NC3=O)cc2)C2CC2)CC1. The van der Waals surface area contributed by atoms with Crippen LogP contribution in [0.3, 0.4) is 0 Å². The van der Waals surface area contributed by atoms with Crippen molar-refractivity contribution in [2.24, 2.45) is 10.9 Å². The summed E-state index contributed by atoms with van der Waals surface area (Å²) in [6.07, 6.45) is 10.4. The lowest BCUT2D eigenvalue weighted by Gasteiger charge is -2.37. The molecule has 0 aromatic heterocycles. The third-order valence-corrected chi connectivity index (χ3v) is 9.07. The van der Waals surface area contributed by atoms with E-state index < -0.39 is 5.25 Å². The number of aliphatic imine (C=N–C) groups is 1. The quantitative estimate of drug-likeness (QED) is 0.593. The van der Waals surface area contributed by atoms with Gasteiger partial charge < -0.3 is 15.1 Å². The lowest BCUT2D eigenvalue weighted by Crippen LogP contribution is -2.43. The number of carbonyl (C=O) groups is 3. The molecule has 35 heavy (non-hydrogen) atoms. The predicted octanol–water partition coefficient (Wildman–Crippen LogP) is 4.68. The third kappa shape index (κ3) is 5.74. The van der Waals surface area contributed by atoms with E-state index in [1.165, 1.54) is 31.0 Å². The van der Waals surface area contributed by atoms with Gasteiger partial charge in [0.05, 0.1) is 0 Å². The van der Waals surface area contributed by atoms with Gasteiger partial charge in [-0.05, 0) is 81.5 Å². The maximum absolute atomic E-state index is 13.4. The molecule has 1 aromatic rings. The van der Waals surface area contributed by atoms with Gasteiger partial charge in [0.1, 0.15) is 5.25 Å². The highest BCUT2D eigenvalue weighted by atomic mass is 32.2. The monoisotopic (exact) mass is 496 g/mol. The third-order valence-electron chi connectivity index (χ3n) is 7.85. The number of nitrogens with one attached hydrogen (secondary N) is 1. The molecule has 3 amide bonds. The first kappa shape index (κ1) is 24.3. The molecule has 1 unspecified atom stereocenters. The number of rotatable bonds is 7. The van der Waals surface area contributed by atoms with Crippen molar-refractivity contribution in [3.8, 4) is 0 Å². The molecule has 1 atom stereocenters. The molecule has 188 valence electrons. The number of nitrogens with zero attached hydrogens (tertiary/aromatic N) is 3. The van der Waals surface area contributed by atoms with Crippen LogP contribution < -0.4 is 5.32 Å². The number of hydrogen-bond acceptors (Lipinski definition) is 5. The molecule has 1 aromatic carbocycles. The normalized spacial score (nSPS) is 26.5. The molecule has 2 aliphatic carbocycles. The van der Waals surface area contributed by atoms with Crippen LogP contribution >= 0.6 is 11.8 Å². The minimum absolute atomic E-state index is 0.0981. The summed E-state index contributed by atoms with van der Waals surface area (Å²) in [6, 6.07) is 7.95. The summed E-state index contributed by atoms with van der Waals surface area (Å²) in [6.45, 7) is 4.13. The molecular weight excluding hydrogens is 460 g/mol. The number of thioether (sulfide) groups is 1. The van der Waals surface area contributed by atoms with Crippen LogP contribution in [0.2, 0.25) is 0 Å². The minimum Gasteiger partial charge on any atom is -0.351 e. The smallest absolute Gasteiger partial charge is 0.262 e. The van der Waals surface area contributed by atoms with E-state index in [1.807, 2.05) is 12.1 Å². The Morgan fingerprint density at radius 2 is 1.66 bits per heavy atom. The molecule has 2 saturated carbocycles. The summed E-state index contributed by atoms with van der Waals surface area (Å²) in [4.78, 5) is 46.7.